The molecule has 1 aliphatic heterocycles. The molecule has 2 fully saturated rings. The van der Waals surface area contributed by atoms with Gasteiger partial charge in [-0.25, -0.2) is 18.4 Å². The van der Waals surface area contributed by atoms with Crippen LogP contribution >= 0.6 is 0 Å². The number of rotatable bonds is 3. The second kappa shape index (κ2) is 4.93. The first-order valence-corrected chi connectivity index (χ1v) is 6.93. The molecule has 7 heteroatoms. The van der Waals surface area contributed by atoms with Crippen molar-refractivity contribution in [3.05, 3.63) is 35.9 Å². The molecule has 1 saturated heterocycles. The monoisotopic (exact) mass is 311 g/mol. The van der Waals surface area contributed by atoms with E-state index in [0.717, 1.165) is 10.5 Å². The van der Waals surface area contributed by atoms with Gasteiger partial charge in [0, 0.05) is 13.0 Å². The Hall–Kier alpha value is -2.18. The second-order valence-electron chi connectivity index (χ2n) is 5.89. The molecular formula is C15H15F2NO4. The molecule has 3 rings (SSSR count). The van der Waals surface area contributed by atoms with E-state index in [4.69, 9.17) is 9.84 Å². The number of carboxylic acid groups (broad SMARTS) is 1. The van der Waals surface area contributed by atoms with E-state index in [1.807, 2.05) is 6.07 Å². The van der Waals surface area contributed by atoms with Crippen LogP contribution in [0.2, 0.25) is 0 Å². The fourth-order valence-corrected chi connectivity index (χ4v) is 2.97. The molecule has 1 spiro atoms. The van der Waals surface area contributed by atoms with Crippen LogP contribution in [-0.4, -0.2) is 40.6 Å². The normalized spacial score (nSPS) is 28.6. The van der Waals surface area contributed by atoms with Crippen molar-refractivity contribution in [2.45, 2.75) is 31.4 Å². The number of hydrogen-bond donors (Lipinski definition) is 1. The third-order valence-corrected chi connectivity index (χ3v) is 4.37. The van der Waals surface area contributed by atoms with Crippen molar-refractivity contribution in [2.75, 3.05) is 6.54 Å². The van der Waals surface area contributed by atoms with Crippen molar-refractivity contribution < 1.29 is 28.2 Å². The largest absolute Gasteiger partial charge is 0.480 e. The molecule has 0 radical (unpaired) electrons. The van der Waals surface area contributed by atoms with Gasteiger partial charge in [0.1, 0.15) is 12.6 Å². The molecule has 1 saturated carbocycles. The van der Waals surface area contributed by atoms with Crippen LogP contribution in [0.1, 0.15) is 18.4 Å². The Morgan fingerprint density at radius 3 is 2.50 bits per heavy atom. The smallest absolute Gasteiger partial charge is 0.410 e. The minimum absolute atomic E-state index is 0.0219. The van der Waals surface area contributed by atoms with Gasteiger partial charge in [-0.05, 0) is 12.0 Å². The summed E-state index contributed by atoms with van der Waals surface area (Å²) in [4.78, 5) is 24.2. The van der Waals surface area contributed by atoms with Crippen LogP contribution in [0, 0.1) is 5.41 Å². The zero-order valence-corrected chi connectivity index (χ0v) is 11.7. The van der Waals surface area contributed by atoms with Gasteiger partial charge >= 0.3 is 12.1 Å². The first kappa shape index (κ1) is 14.7. The standard InChI is InChI=1S/C15H15F2NO4/c16-15(17)8-14(15)6-11(12(19)20)18(9-14)13(21)22-7-10-4-2-1-3-5-10/h1-5,11H,6-9H2,(H,19,20). The van der Waals surface area contributed by atoms with E-state index >= 15 is 0 Å². The Bertz CT molecular complexity index is 607. The number of carbonyl (C=O) groups is 2. The highest BCUT2D eigenvalue weighted by Gasteiger charge is 2.75. The van der Waals surface area contributed by atoms with Gasteiger partial charge in [0.2, 0.25) is 0 Å². The van der Waals surface area contributed by atoms with E-state index < -0.39 is 29.4 Å². The topological polar surface area (TPSA) is 66.8 Å². The van der Waals surface area contributed by atoms with E-state index in [1.54, 1.807) is 24.3 Å². The predicted molar refractivity (Wildman–Crippen MR) is 71.4 cm³/mol. The van der Waals surface area contributed by atoms with Gasteiger partial charge in [-0.3, -0.25) is 4.90 Å². The molecule has 0 aromatic heterocycles. The maximum absolute atomic E-state index is 13.4. The molecule has 1 N–H and O–H groups in total. The van der Waals surface area contributed by atoms with E-state index in [1.165, 1.54) is 0 Å². The summed E-state index contributed by atoms with van der Waals surface area (Å²) in [6.45, 7) is -0.295. The number of ether oxygens (including phenoxy) is 1. The molecule has 1 aromatic rings. The minimum Gasteiger partial charge on any atom is -0.480 e. The lowest BCUT2D eigenvalue weighted by Gasteiger charge is -2.20. The minimum atomic E-state index is -2.89. The first-order chi connectivity index (χ1) is 10.3. The average molecular weight is 311 g/mol. The van der Waals surface area contributed by atoms with Crippen LogP contribution in [0.15, 0.2) is 30.3 Å². The van der Waals surface area contributed by atoms with Crippen LogP contribution in [0.3, 0.4) is 0 Å². The molecule has 2 atom stereocenters. The number of carboxylic acids is 1. The van der Waals surface area contributed by atoms with Crippen molar-refractivity contribution in [3.8, 4) is 0 Å². The van der Waals surface area contributed by atoms with E-state index in [-0.39, 0.29) is 26.0 Å². The molecule has 22 heavy (non-hydrogen) atoms. The number of hydrogen-bond acceptors (Lipinski definition) is 3. The maximum atomic E-state index is 13.4. The summed E-state index contributed by atoms with van der Waals surface area (Å²) in [5.41, 5.74) is -0.643. The Morgan fingerprint density at radius 1 is 1.32 bits per heavy atom. The zero-order valence-electron chi connectivity index (χ0n) is 11.7. The first-order valence-electron chi connectivity index (χ1n) is 6.93. The molecule has 2 unspecified atom stereocenters. The van der Waals surface area contributed by atoms with E-state index in [9.17, 15) is 18.4 Å². The summed E-state index contributed by atoms with van der Waals surface area (Å²) in [5, 5.41) is 9.15. The maximum Gasteiger partial charge on any atom is 0.410 e. The number of nitrogens with zero attached hydrogens (tertiary/aromatic N) is 1. The summed E-state index contributed by atoms with van der Waals surface area (Å²) in [6, 6.07) is 7.62. The van der Waals surface area contributed by atoms with E-state index in [0.29, 0.717) is 0 Å². The lowest BCUT2D eigenvalue weighted by molar-refractivity contribution is -0.141. The molecule has 1 amide bonds. The van der Waals surface area contributed by atoms with E-state index in [2.05, 4.69) is 0 Å². The highest BCUT2D eigenvalue weighted by molar-refractivity contribution is 5.81. The Kier molecular flexibility index (Phi) is 3.30. The molecule has 118 valence electrons. The molecule has 1 aromatic carbocycles. The number of carbonyl (C=O) groups excluding carboxylic acids is 1. The van der Waals surface area contributed by atoms with Gasteiger partial charge in [-0.1, -0.05) is 30.3 Å². The van der Waals surface area contributed by atoms with Gasteiger partial charge in [0.15, 0.2) is 0 Å². The van der Waals surface area contributed by atoms with Crippen molar-refractivity contribution in [3.63, 3.8) is 0 Å². The lowest BCUT2D eigenvalue weighted by Crippen LogP contribution is -2.40. The zero-order chi connectivity index (χ0) is 16.0. The quantitative estimate of drug-likeness (QED) is 0.931. The lowest BCUT2D eigenvalue weighted by atomic mass is 10.0. The van der Waals surface area contributed by atoms with Gasteiger partial charge < -0.3 is 9.84 Å². The van der Waals surface area contributed by atoms with Gasteiger partial charge in [0.05, 0.1) is 5.41 Å². The van der Waals surface area contributed by atoms with Crippen molar-refractivity contribution >= 4 is 12.1 Å². The molecule has 2 aliphatic rings. The number of amides is 1. The van der Waals surface area contributed by atoms with Crippen LogP contribution < -0.4 is 0 Å². The number of likely N-dealkylation sites (tertiary alicyclic amines) is 1. The number of halogens is 2. The summed E-state index contributed by atoms with van der Waals surface area (Å²) >= 11 is 0. The SMILES string of the molecule is O=C(O)C1CC2(CN1C(=O)OCc1ccccc1)CC2(F)F. The third-order valence-electron chi connectivity index (χ3n) is 4.37. The fourth-order valence-electron chi connectivity index (χ4n) is 2.97. The van der Waals surface area contributed by atoms with Crippen LogP contribution in [-0.2, 0) is 16.1 Å². The highest BCUT2D eigenvalue weighted by Crippen LogP contribution is 2.66. The summed E-state index contributed by atoms with van der Waals surface area (Å²) in [5.74, 6) is -4.17. The third kappa shape index (κ3) is 2.40. The second-order valence-corrected chi connectivity index (χ2v) is 5.89. The predicted octanol–water partition coefficient (Wildman–Crippen LogP) is 2.51. The Morgan fingerprint density at radius 2 is 1.95 bits per heavy atom. The van der Waals surface area contributed by atoms with Crippen LogP contribution in [0.4, 0.5) is 13.6 Å². The Balaban J connectivity index is 1.67. The number of aliphatic carboxylic acids is 1. The van der Waals surface area contributed by atoms with Crippen molar-refractivity contribution in [2.24, 2.45) is 5.41 Å². The highest BCUT2D eigenvalue weighted by atomic mass is 19.3. The molecule has 1 aliphatic carbocycles. The number of benzene rings is 1. The molecule has 5 nitrogen and oxygen atoms in total. The van der Waals surface area contributed by atoms with Crippen molar-refractivity contribution in [1.82, 2.24) is 4.90 Å². The molecule has 1 heterocycles. The number of alkyl halides is 2. The van der Waals surface area contributed by atoms with Gasteiger partial charge in [-0.15, -0.1) is 0 Å². The molecule has 0 bridgehead atoms. The summed E-state index contributed by atoms with van der Waals surface area (Å²) < 4.78 is 32.0. The van der Waals surface area contributed by atoms with Crippen LogP contribution in [0.5, 0.6) is 0 Å². The van der Waals surface area contributed by atoms with Crippen molar-refractivity contribution in [1.29, 1.82) is 0 Å². The van der Waals surface area contributed by atoms with Crippen LogP contribution in [0.25, 0.3) is 0 Å². The fraction of sp³-hybridized carbons (Fsp3) is 0.467. The Labute approximate surface area is 125 Å². The average Bonchev–Trinajstić information content (AvgIpc) is 2.83. The molecular weight excluding hydrogens is 296 g/mol. The van der Waals surface area contributed by atoms with Gasteiger partial charge in [-0.2, -0.15) is 0 Å². The van der Waals surface area contributed by atoms with Gasteiger partial charge in [0.25, 0.3) is 5.92 Å². The summed E-state index contributed by atoms with van der Waals surface area (Å²) in [6.07, 6.45) is -1.46. The summed E-state index contributed by atoms with van der Waals surface area (Å²) in [7, 11) is 0.